The average Bonchev–Trinajstić information content (AvgIpc) is 2.75. The molecule has 1 fully saturated rings. The molecule has 0 saturated carbocycles. The smallest absolute Gasteiger partial charge is 0.241 e. The molecule has 0 radical (unpaired) electrons. The lowest BCUT2D eigenvalue weighted by Gasteiger charge is -2.28. The molecule has 2 atom stereocenters. The van der Waals surface area contributed by atoms with E-state index >= 15 is 0 Å². The van der Waals surface area contributed by atoms with E-state index < -0.39 is 0 Å². The Morgan fingerprint density at radius 1 is 1.29 bits per heavy atom. The molecule has 0 aliphatic carbocycles. The Hall–Kier alpha value is -1.75. The summed E-state index contributed by atoms with van der Waals surface area (Å²) in [5, 5.41) is 6.14. The van der Waals surface area contributed by atoms with Crippen molar-refractivity contribution in [3.05, 3.63) is 23.8 Å². The first-order valence-corrected chi connectivity index (χ1v) is 5.67. The van der Waals surface area contributed by atoms with Gasteiger partial charge in [0, 0.05) is 12.6 Å². The summed E-state index contributed by atoms with van der Waals surface area (Å²) in [6.45, 7) is 2.99. The van der Waals surface area contributed by atoms with Gasteiger partial charge in [-0.2, -0.15) is 0 Å². The van der Waals surface area contributed by atoms with E-state index in [4.69, 9.17) is 9.47 Å². The van der Waals surface area contributed by atoms with Gasteiger partial charge in [-0.05, 0) is 24.6 Å². The third-order valence-corrected chi connectivity index (χ3v) is 3.01. The zero-order valence-electron chi connectivity index (χ0n) is 9.53. The summed E-state index contributed by atoms with van der Waals surface area (Å²) in [7, 11) is 0. The van der Waals surface area contributed by atoms with Crippen LogP contribution in [0.1, 0.15) is 18.5 Å². The van der Waals surface area contributed by atoms with Gasteiger partial charge in [0.1, 0.15) is 6.04 Å². The number of carbonyl (C=O) groups excluding carboxylic acids is 1. The van der Waals surface area contributed by atoms with E-state index in [1.54, 1.807) is 0 Å². The second kappa shape index (κ2) is 3.92. The third-order valence-electron chi connectivity index (χ3n) is 3.01. The number of piperazine rings is 1. The van der Waals surface area contributed by atoms with E-state index in [1.807, 2.05) is 25.1 Å². The zero-order valence-corrected chi connectivity index (χ0v) is 9.53. The van der Waals surface area contributed by atoms with Crippen molar-refractivity contribution >= 4 is 5.91 Å². The molecule has 2 N–H and O–H groups in total. The Balaban J connectivity index is 1.86. The summed E-state index contributed by atoms with van der Waals surface area (Å²) in [6, 6.07) is 5.45. The summed E-state index contributed by atoms with van der Waals surface area (Å²) < 4.78 is 10.5. The van der Waals surface area contributed by atoms with Crippen LogP contribution in [0.25, 0.3) is 0 Å². The molecule has 2 aliphatic heterocycles. The minimum absolute atomic E-state index is 0.00242. The van der Waals surface area contributed by atoms with Crippen molar-refractivity contribution in [2.24, 2.45) is 0 Å². The Morgan fingerprint density at radius 2 is 2.12 bits per heavy atom. The lowest BCUT2D eigenvalue weighted by molar-refractivity contribution is -0.125. The van der Waals surface area contributed by atoms with Crippen molar-refractivity contribution in [3.63, 3.8) is 0 Å². The molecule has 17 heavy (non-hydrogen) atoms. The standard InChI is InChI=1S/C12H14N2O3/c1-7-5-13-11(12(15)14-7)8-2-3-9-10(4-8)17-6-16-9/h2-4,7,11,13H,5-6H2,1H3,(H,14,15). The quantitative estimate of drug-likeness (QED) is 0.745. The van der Waals surface area contributed by atoms with Crippen LogP contribution in [0.4, 0.5) is 0 Å². The molecule has 1 aromatic carbocycles. The topological polar surface area (TPSA) is 59.6 Å². The Labute approximate surface area is 99.1 Å². The molecular weight excluding hydrogens is 220 g/mol. The molecule has 1 amide bonds. The summed E-state index contributed by atoms with van der Waals surface area (Å²) in [6.07, 6.45) is 0. The summed E-state index contributed by atoms with van der Waals surface area (Å²) in [5.74, 6) is 1.44. The second-order valence-corrected chi connectivity index (χ2v) is 4.36. The van der Waals surface area contributed by atoms with Gasteiger partial charge in [-0.1, -0.05) is 6.07 Å². The van der Waals surface area contributed by atoms with Crippen molar-refractivity contribution in [2.45, 2.75) is 19.0 Å². The third kappa shape index (κ3) is 1.82. The van der Waals surface area contributed by atoms with Gasteiger partial charge in [0.05, 0.1) is 0 Å². The fraction of sp³-hybridized carbons (Fsp3) is 0.417. The van der Waals surface area contributed by atoms with Crippen LogP contribution >= 0.6 is 0 Å². The lowest BCUT2D eigenvalue weighted by atomic mass is 10.0. The summed E-state index contributed by atoms with van der Waals surface area (Å²) >= 11 is 0. The van der Waals surface area contributed by atoms with E-state index in [-0.39, 0.29) is 24.8 Å². The molecule has 5 heteroatoms. The highest BCUT2D eigenvalue weighted by Crippen LogP contribution is 2.34. The van der Waals surface area contributed by atoms with Gasteiger partial charge >= 0.3 is 0 Å². The fourth-order valence-corrected chi connectivity index (χ4v) is 2.13. The Morgan fingerprint density at radius 3 is 2.94 bits per heavy atom. The number of carbonyl (C=O) groups is 1. The maximum Gasteiger partial charge on any atom is 0.241 e. The van der Waals surface area contributed by atoms with Gasteiger partial charge in [0.15, 0.2) is 11.5 Å². The van der Waals surface area contributed by atoms with Gasteiger partial charge in [-0.15, -0.1) is 0 Å². The predicted molar refractivity (Wildman–Crippen MR) is 60.9 cm³/mol. The fourth-order valence-electron chi connectivity index (χ4n) is 2.13. The Kier molecular flexibility index (Phi) is 2.40. The number of nitrogens with one attached hydrogen (secondary N) is 2. The molecule has 2 unspecified atom stereocenters. The largest absolute Gasteiger partial charge is 0.454 e. The number of ether oxygens (including phenoxy) is 2. The lowest BCUT2D eigenvalue weighted by Crippen LogP contribution is -2.52. The first-order valence-electron chi connectivity index (χ1n) is 5.67. The highest BCUT2D eigenvalue weighted by Gasteiger charge is 2.27. The SMILES string of the molecule is CC1CNC(c2ccc3c(c2)OCO3)C(=O)N1. The van der Waals surface area contributed by atoms with Crippen molar-refractivity contribution in [1.29, 1.82) is 0 Å². The van der Waals surface area contributed by atoms with Gasteiger partial charge in [0.25, 0.3) is 0 Å². The van der Waals surface area contributed by atoms with Crippen LogP contribution in [-0.2, 0) is 4.79 Å². The molecule has 90 valence electrons. The molecule has 0 spiro atoms. The van der Waals surface area contributed by atoms with Crippen LogP contribution in [0.15, 0.2) is 18.2 Å². The predicted octanol–water partition coefficient (Wildman–Crippen LogP) is 0.564. The van der Waals surface area contributed by atoms with E-state index in [0.717, 1.165) is 17.9 Å². The van der Waals surface area contributed by atoms with Crippen LogP contribution in [-0.4, -0.2) is 25.3 Å². The second-order valence-electron chi connectivity index (χ2n) is 4.36. The highest BCUT2D eigenvalue weighted by atomic mass is 16.7. The maximum atomic E-state index is 11.9. The van der Waals surface area contributed by atoms with Gasteiger partial charge in [0.2, 0.25) is 12.7 Å². The van der Waals surface area contributed by atoms with Crippen LogP contribution in [0, 0.1) is 0 Å². The van der Waals surface area contributed by atoms with E-state index in [2.05, 4.69) is 10.6 Å². The van der Waals surface area contributed by atoms with E-state index in [1.165, 1.54) is 0 Å². The van der Waals surface area contributed by atoms with Crippen LogP contribution < -0.4 is 20.1 Å². The number of hydrogen-bond donors (Lipinski definition) is 2. The maximum absolute atomic E-state index is 11.9. The minimum Gasteiger partial charge on any atom is -0.454 e. The highest BCUT2D eigenvalue weighted by molar-refractivity contribution is 5.84. The minimum atomic E-state index is -0.305. The molecule has 1 aromatic rings. The van der Waals surface area contributed by atoms with E-state index in [0.29, 0.717) is 5.75 Å². The van der Waals surface area contributed by atoms with Crippen molar-refractivity contribution in [1.82, 2.24) is 10.6 Å². The molecule has 2 heterocycles. The monoisotopic (exact) mass is 234 g/mol. The van der Waals surface area contributed by atoms with Crippen molar-refractivity contribution in [3.8, 4) is 11.5 Å². The normalized spacial score (nSPS) is 26.8. The van der Waals surface area contributed by atoms with Crippen molar-refractivity contribution in [2.75, 3.05) is 13.3 Å². The average molecular weight is 234 g/mol. The first-order chi connectivity index (χ1) is 8.24. The van der Waals surface area contributed by atoms with E-state index in [9.17, 15) is 4.79 Å². The molecule has 1 saturated heterocycles. The molecular formula is C12H14N2O3. The molecule has 0 aromatic heterocycles. The van der Waals surface area contributed by atoms with Gasteiger partial charge in [-0.25, -0.2) is 0 Å². The molecule has 3 rings (SSSR count). The Bertz CT molecular complexity index is 461. The van der Waals surface area contributed by atoms with Gasteiger partial charge < -0.3 is 20.1 Å². The molecule has 5 nitrogen and oxygen atoms in total. The van der Waals surface area contributed by atoms with Crippen LogP contribution in [0.2, 0.25) is 0 Å². The van der Waals surface area contributed by atoms with Crippen molar-refractivity contribution < 1.29 is 14.3 Å². The number of hydrogen-bond acceptors (Lipinski definition) is 4. The summed E-state index contributed by atoms with van der Waals surface area (Å²) in [5.41, 5.74) is 0.902. The number of fused-ring (bicyclic) bond motifs is 1. The molecule has 2 aliphatic rings. The first kappa shape index (κ1) is 10.4. The number of benzene rings is 1. The molecule has 0 bridgehead atoms. The zero-order chi connectivity index (χ0) is 11.8. The van der Waals surface area contributed by atoms with Crippen LogP contribution in [0.3, 0.4) is 0 Å². The number of rotatable bonds is 1. The summed E-state index contributed by atoms with van der Waals surface area (Å²) in [4.78, 5) is 11.9. The van der Waals surface area contributed by atoms with Crippen LogP contribution in [0.5, 0.6) is 11.5 Å². The van der Waals surface area contributed by atoms with Gasteiger partial charge in [-0.3, -0.25) is 4.79 Å². The number of amides is 1.